The lowest BCUT2D eigenvalue weighted by molar-refractivity contribution is 0.263. The number of ether oxygens (including phenoxy) is 2. The molecule has 21 heavy (non-hydrogen) atoms. The highest BCUT2D eigenvalue weighted by Gasteiger charge is 2.06. The third kappa shape index (κ3) is 4.21. The van der Waals surface area contributed by atoms with Gasteiger partial charge in [0, 0.05) is 0 Å². The van der Waals surface area contributed by atoms with Crippen molar-refractivity contribution in [2.75, 3.05) is 6.61 Å². The van der Waals surface area contributed by atoms with Gasteiger partial charge in [-0.15, -0.1) is 0 Å². The monoisotopic (exact) mass is 288 g/mol. The lowest BCUT2D eigenvalue weighted by Crippen LogP contribution is -2.00. The van der Waals surface area contributed by atoms with E-state index in [1.54, 1.807) is 12.1 Å². The normalized spacial score (nSPS) is 10.4. The Kier molecular flexibility index (Phi) is 5.60. The average Bonchev–Trinajstić information content (AvgIpc) is 2.54. The van der Waals surface area contributed by atoms with Gasteiger partial charge in [0.1, 0.15) is 6.61 Å². The van der Waals surface area contributed by atoms with E-state index in [2.05, 4.69) is 0 Å². The maximum atomic E-state index is 9.16. The first kappa shape index (κ1) is 15.4. The quantitative estimate of drug-likeness (QED) is 0.822. The summed E-state index contributed by atoms with van der Waals surface area (Å²) < 4.78 is 11.3. The van der Waals surface area contributed by atoms with Gasteiger partial charge in [-0.1, -0.05) is 30.3 Å². The van der Waals surface area contributed by atoms with E-state index >= 15 is 0 Å². The van der Waals surface area contributed by atoms with E-state index in [4.69, 9.17) is 19.7 Å². The Hall–Kier alpha value is -2.04. The van der Waals surface area contributed by atoms with Crippen molar-refractivity contribution in [1.29, 1.82) is 0 Å². The minimum Gasteiger partial charge on any atom is -0.490 e. The lowest BCUT2D eigenvalue weighted by atomic mass is 10.1. The standard InChI is InChI=1S/C17H20O4/c1-2-20-17-9-15(11-19)7-8-16(17)21-12-14-5-3-13(10-18)4-6-14/h3-9,18-19H,2,10-12H2,1H3. The van der Waals surface area contributed by atoms with Crippen LogP contribution in [0.2, 0.25) is 0 Å². The molecule has 0 amide bonds. The van der Waals surface area contributed by atoms with Gasteiger partial charge in [0.25, 0.3) is 0 Å². The predicted octanol–water partition coefficient (Wildman–Crippen LogP) is 2.65. The molecule has 2 aromatic rings. The zero-order chi connectivity index (χ0) is 15.1. The molecule has 0 aromatic heterocycles. The second-order valence-electron chi connectivity index (χ2n) is 4.64. The summed E-state index contributed by atoms with van der Waals surface area (Å²) in [7, 11) is 0. The first-order chi connectivity index (χ1) is 10.3. The van der Waals surface area contributed by atoms with E-state index in [9.17, 15) is 0 Å². The molecule has 0 unspecified atom stereocenters. The molecule has 2 aromatic carbocycles. The molecule has 0 aliphatic heterocycles. The number of hydrogen-bond acceptors (Lipinski definition) is 4. The third-order valence-electron chi connectivity index (χ3n) is 3.09. The van der Waals surface area contributed by atoms with Gasteiger partial charge < -0.3 is 19.7 Å². The summed E-state index contributed by atoms with van der Waals surface area (Å²) in [5.74, 6) is 1.29. The Balaban J connectivity index is 2.07. The van der Waals surface area contributed by atoms with Crippen LogP contribution < -0.4 is 9.47 Å². The van der Waals surface area contributed by atoms with Crippen LogP contribution in [0.5, 0.6) is 11.5 Å². The van der Waals surface area contributed by atoms with Crippen LogP contribution in [0.4, 0.5) is 0 Å². The van der Waals surface area contributed by atoms with E-state index in [0.29, 0.717) is 24.7 Å². The van der Waals surface area contributed by atoms with Gasteiger partial charge in [0.2, 0.25) is 0 Å². The number of hydrogen-bond donors (Lipinski definition) is 2. The molecule has 0 saturated carbocycles. The maximum absolute atomic E-state index is 9.16. The summed E-state index contributed by atoms with van der Waals surface area (Å²) in [6, 6.07) is 13.0. The average molecular weight is 288 g/mol. The molecular formula is C17H20O4. The summed E-state index contributed by atoms with van der Waals surface area (Å²) in [5.41, 5.74) is 2.68. The molecule has 112 valence electrons. The summed E-state index contributed by atoms with van der Waals surface area (Å²) in [6.07, 6.45) is 0. The second kappa shape index (κ2) is 7.67. The van der Waals surface area contributed by atoms with Crippen LogP contribution in [0.15, 0.2) is 42.5 Å². The highest BCUT2D eigenvalue weighted by atomic mass is 16.5. The van der Waals surface area contributed by atoms with E-state index in [0.717, 1.165) is 16.7 Å². The largest absolute Gasteiger partial charge is 0.490 e. The summed E-state index contributed by atoms with van der Waals surface area (Å²) in [4.78, 5) is 0. The molecular weight excluding hydrogens is 268 g/mol. The molecule has 4 nitrogen and oxygen atoms in total. The fourth-order valence-electron chi connectivity index (χ4n) is 1.94. The molecule has 2 N–H and O–H groups in total. The van der Waals surface area contributed by atoms with Crippen LogP contribution in [-0.4, -0.2) is 16.8 Å². The Bertz CT molecular complexity index is 564. The number of aliphatic hydroxyl groups is 2. The fourth-order valence-corrected chi connectivity index (χ4v) is 1.94. The van der Waals surface area contributed by atoms with Crippen LogP contribution in [0, 0.1) is 0 Å². The first-order valence-corrected chi connectivity index (χ1v) is 6.95. The second-order valence-corrected chi connectivity index (χ2v) is 4.64. The van der Waals surface area contributed by atoms with E-state index in [-0.39, 0.29) is 13.2 Å². The van der Waals surface area contributed by atoms with Gasteiger partial charge in [-0.25, -0.2) is 0 Å². The fraction of sp³-hybridized carbons (Fsp3) is 0.294. The Morgan fingerprint density at radius 3 is 2.00 bits per heavy atom. The van der Waals surface area contributed by atoms with Crippen LogP contribution in [0.25, 0.3) is 0 Å². The smallest absolute Gasteiger partial charge is 0.161 e. The highest BCUT2D eigenvalue weighted by Crippen LogP contribution is 2.29. The van der Waals surface area contributed by atoms with Gasteiger partial charge in [0.05, 0.1) is 19.8 Å². The molecule has 4 heteroatoms. The Labute approximate surface area is 124 Å². The number of aliphatic hydroxyl groups excluding tert-OH is 2. The first-order valence-electron chi connectivity index (χ1n) is 6.95. The van der Waals surface area contributed by atoms with Crippen LogP contribution in [-0.2, 0) is 19.8 Å². The molecule has 0 heterocycles. The van der Waals surface area contributed by atoms with E-state index in [1.807, 2.05) is 37.3 Å². The SMILES string of the molecule is CCOc1cc(CO)ccc1OCc1ccc(CO)cc1. The molecule has 0 bridgehead atoms. The molecule has 0 spiro atoms. The van der Waals surface area contributed by atoms with Crippen molar-refractivity contribution in [1.82, 2.24) is 0 Å². The number of rotatable bonds is 7. The molecule has 0 fully saturated rings. The van der Waals surface area contributed by atoms with Crippen LogP contribution in [0.1, 0.15) is 23.6 Å². The number of benzene rings is 2. The van der Waals surface area contributed by atoms with Gasteiger partial charge in [0.15, 0.2) is 11.5 Å². The Morgan fingerprint density at radius 1 is 0.762 bits per heavy atom. The lowest BCUT2D eigenvalue weighted by Gasteiger charge is -2.13. The summed E-state index contributed by atoms with van der Waals surface area (Å²) >= 11 is 0. The van der Waals surface area contributed by atoms with Crippen molar-refractivity contribution in [3.8, 4) is 11.5 Å². The van der Waals surface area contributed by atoms with Gasteiger partial charge >= 0.3 is 0 Å². The van der Waals surface area contributed by atoms with Crippen LogP contribution >= 0.6 is 0 Å². The van der Waals surface area contributed by atoms with Gasteiger partial charge in [-0.05, 0) is 35.7 Å². The maximum Gasteiger partial charge on any atom is 0.161 e. The summed E-state index contributed by atoms with van der Waals surface area (Å²) in [5, 5.41) is 18.2. The molecule has 0 aliphatic rings. The highest BCUT2D eigenvalue weighted by molar-refractivity contribution is 5.43. The predicted molar refractivity (Wildman–Crippen MR) is 80.2 cm³/mol. The van der Waals surface area contributed by atoms with Gasteiger partial charge in [-0.3, -0.25) is 0 Å². The van der Waals surface area contributed by atoms with Crippen molar-refractivity contribution >= 4 is 0 Å². The summed E-state index contributed by atoms with van der Waals surface area (Å²) in [6.45, 7) is 2.88. The van der Waals surface area contributed by atoms with Gasteiger partial charge in [-0.2, -0.15) is 0 Å². The van der Waals surface area contributed by atoms with Crippen molar-refractivity contribution in [3.05, 3.63) is 59.2 Å². The van der Waals surface area contributed by atoms with E-state index in [1.165, 1.54) is 0 Å². The molecule has 2 rings (SSSR count). The minimum atomic E-state index is -0.0248. The van der Waals surface area contributed by atoms with Crippen LogP contribution in [0.3, 0.4) is 0 Å². The molecule has 0 aliphatic carbocycles. The molecule has 0 atom stereocenters. The van der Waals surface area contributed by atoms with E-state index < -0.39 is 0 Å². The van der Waals surface area contributed by atoms with Crippen molar-refractivity contribution in [2.45, 2.75) is 26.7 Å². The zero-order valence-corrected chi connectivity index (χ0v) is 12.1. The molecule has 0 radical (unpaired) electrons. The van der Waals surface area contributed by atoms with Crippen molar-refractivity contribution in [2.24, 2.45) is 0 Å². The topological polar surface area (TPSA) is 58.9 Å². The zero-order valence-electron chi connectivity index (χ0n) is 12.1. The minimum absolute atomic E-state index is 0.0248. The Morgan fingerprint density at radius 2 is 1.38 bits per heavy atom. The van der Waals surface area contributed by atoms with Crippen molar-refractivity contribution < 1.29 is 19.7 Å². The third-order valence-corrected chi connectivity index (χ3v) is 3.09. The molecule has 0 saturated heterocycles. The van der Waals surface area contributed by atoms with Crippen molar-refractivity contribution in [3.63, 3.8) is 0 Å².